The largest absolute Gasteiger partial charge is 0.352 e. The summed E-state index contributed by atoms with van der Waals surface area (Å²) < 4.78 is 14.5. The van der Waals surface area contributed by atoms with E-state index < -0.39 is 0 Å². The van der Waals surface area contributed by atoms with Gasteiger partial charge in [0.15, 0.2) is 5.69 Å². The zero-order chi connectivity index (χ0) is 21.4. The summed E-state index contributed by atoms with van der Waals surface area (Å²) in [4.78, 5) is 29.2. The standard InChI is InChI=1S/C22H23FN6O2/c23-15-5-7-16(8-6-15)29-20(30)10-9-19(26-29)27-11-13-28(14-12-27)22(31)21-17-3-1-2-4-18(17)24-25-21/h5-10H,1-4,11-14H2,(H,24,25). The Morgan fingerprint density at radius 3 is 2.48 bits per heavy atom. The second kappa shape index (κ2) is 7.98. The third-order valence-corrected chi connectivity index (χ3v) is 6.01. The lowest BCUT2D eigenvalue weighted by Crippen LogP contribution is -2.49. The van der Waals surface area contributed by atoms with Crippen molar-refractivity contribution in [2.24, 2.45) is 0 Å². The van der Waals surface area contributed by atoms with E-state index in [1.807, 2.05) is 9.80 Å². The summed E-state index contributed by atoms with van der Waals surface area (Å²) in [5.41, 5.74) is 2.95. The average molecular weight is 422 g/mol. The molecule has 1 fully saturated rings. The Kier molecular flexibility index (Phi) is 5.01. The lowest BCUT2D eigenvalue weighted by Gasteiger charge is -2.35. The number of benzene rings is 1. The van der Waals surface area contributed by atoms with Crippen molar-refractivity contribution in [1.82, 2.24) is 24.9 Å². The van der Waals surface area contributed by atoms with Gasteiger partial charge < -0.3 is 9.80 Å². The summed E-state index contributed by atoms with van der Waals surface area (Å²) in [6, 6.07) is 8.79. The van der Waals surface area contributed by atoms with Gasteiger partial charge in [-0.05, 0) is 56.0 Å². The van der Waals surface area contributed by atoms with E-state index in [1.165, 1.54) is 35.0 Å². The molecule has 2 aromatic heterocycles. The zero-order valence-corrected chi connectivity index (χ0v) is 17.1. The topological polar surface area (TPSA) is 87.1 Å². The van der Waals surface area contributed by atoms with Gasteiger partial charge in [0.05, 0.1) is 5.69 Å². The maximum atomic E-state index is 13.2. The van der Waals surface area contributed by atoms with Crippen molar-refractivity contribution in [2.75, 3.05) is 31.1 Å². The van der Waals surface area contributed by atoms with E-state index >= 15 is 0 Å². The number of fused-ring (bicyclic) bond motifs is 1. The van der Waals surface area contributed by atoms with E-state index in [2.05, 4.69) is 15.3 Å². The molecule has 1 aromatic carbocycles. The number of aromatic nitrogens is 4. The van der Waals surface area contributed by atoms with Gasteiger partial charge in [0.1, 0.15) is 11.6 Å². The van der Waals surface area contributed by atoms with Crippen LogP contribution in [0.3, 0.4) is 0 Å². The van der Waals surface area contributed by atoms with Crippen molar-refractivity contribution in [3.05, 3.63) is 69.5 Å². The highest BCUT2D eigenvalue weighted by molar-refractivity contribution is 5.94. The predicted molar refractivity (Wildman–Crippen MR) is 113 cm³/mol. The Balaban J connectivity index is 1.30. The van der Waals surface area contributed by atoms with Gasteiger partial charge in [0, 0.05) is 43.5 Å². The zero-order valence-electron chi connectivity index (χ0n) is 17.1. The molecule has 3 heterocycles. The molecule has 0 unspecified atom stereocenters. The minimum absolute atomic E-state index is 0.0247. The van der Waals surface area contributed by atoms with Crippen LogP contribution in [-0.2, 0) is 12.8 Å². The number of rotatable bonds is 3. The lowest BCUT2D eigenvalue weighted by atomic mass is 9.95. The Bertz CT molecular complexity index is 1160. The molecule has 3 aromatic rings. The number of aromatic amines is 1. The highest BCUT2D eigenvalue weighted by Gasteiger charge is 2.28. The number of amides is 1. The number of piperazine rings is 1. The van der Waals surface area contributed by atoms with Gasteiger partial charge in [0.25, 0.3) is 11.5 Å². The molecule has 0 radical (unpaired) electrons. The van der Waals surface area contributed by atoms with Crippen LogP contribution in [0, 0.1) is 5.82 Å². The maximum Gasteiger partial charge on any atom is 0.274 e. The minimum Gasteiger partial charge on any atom is -0.352 e. The smallest absolute Gasteiger partial charge is 0.274 e. The molecule has 1 saturated heterocycles. The Morgan fingerprint density at radius 2 is 1.71 bits per heavy atom. The summed E-state index contributed by atoms with van der Waals surface area (Å²) in [6.45, 7) is 2.32. The molecule has 160 valence electrons. The van der Waals surface area contributed by atoms with Gasteiger partial charge in [0.2, 0.25) is 0 Å². The van der Waals surface area contributed by atoms with Crippen LogP contribution in [0.4, 0.5) is 10.2 Å². The van der Waals surface area contributed by atoms with E-state index in [1.54, 1.807) is 6.07 Å². The van der Waals surface area contributed by atoms with Crippen LogP contribution < -0.4 is 10.5 Å². The van der Waals surface area contributed by atoms with Gasteiger partial charge in [-0.3, -0.25) is 14.7 Å². The fraction of sp³-hybridized carbons (Fsp3) is 0.364. The van der Waals surface area contributed by atoms with E-state index in [0.717, 1.165) is 36.9 Å². The molecular weight excluding hydrogens is 399 g/mol. The number of halogens is 1. The molecule has 9 heteroatoms. The number of aryl methyl sites for hydroxylation is 1. The molecule has 5 rings (SSSR count). The van der Waals surface area contributed by atoms with Gasteiger partial charge in [-0.15, -0.1) is 5.10 Å². The van der Waals surface area contributed by atoms with E-state index in [4.69, 9.17) is 0 Å². The number of nitrogens with zero attached hydrogens (tertiary/aromatic N) is 5. The van der Waals surface area contributed by atoms with Crippen LogP contribution in [0.1, 0.15) is 34.6 Å². The fourth-order valence-electron chi connectivity index (χ4n) is 4.28. The Morgan fingerprint density at radius 1 is 0.968 bits per heavy atom. The van der Waals surface area contributed by atoms with Crippen molar-refractivity contribution in [2.45, 2.75) is 25.7 Å². The molecule has 2 aliphatic rings. The number of anilines is 1. The highest BCUT2D eigenvalue weighted by Crippen LogP contribution is 2.24. The number of H-pyrrole nitrogens is 1. The third-order valence-electron chi connectivity index (χ3n) is 6.01. The summed E-state index contributed by atoms with van der Waals surface area (Å²) in [5.74, 6) is 0.253. The molecule has 31 heavy (non-hydrogen) atoms. The number of hydrogen-bond acceptors (Lipinski definition) is 5. The van der Waals surface area contributed by atoms with Crippen LogP contribution in [0.5, 0.6) is 0 Å². The second-order valence-corrected chi connectivity index (χ2v) is 7.93. The molecule has 1 aliphatic carbocycles. The second-order valence-electron chi connectivity index (χ2n) is 7.93. The van der Waals surface area contributed by atoms with Crippen molar-refractivity contribution in [3.8, 4) is 5.69 Å². The summed E-state index contributed by atoms with van der Waals surface area (Å²) in [5, 5.41) is 11.8. The number of hydrogen-bond donors (Lipinski definition) is 1. The van der Waals surface area contributed by atoms with Gasteiger partial charge in [-0.1, -0.05) is 0 Å². The summed E-state index contributed by atoms with van der Waals surface area (Å²) in [6.07, 6.45) is 4.09. The molecule has 1 aliphatic heterocycles. The van der Waals surface area contributed by atoms with Crippen LogP contribution in [0.15, 0.2) is 41.2 Å². The molecule has 0 atom stereocenters. The molecule has 0 bridgehead atoms. The van der Waals surface area contributed by atoms with Crippen LogP contribution >= 0.6 is 0 Å². The van der Waals surface area contributed by atoms with Gasteiger partial charge in [-0.25, -0.2) is 4.39 Å². The first-order valence-electron chi connectivity index (χ1n) is 10.6. The number of nitrogens with one attached hydrogen (secondary N) is 1. The number of carbonyl (C=O) groups is 1. The molecule has 8 nitrogen and oxygen atoms in total. The summed E-state index contributed by atoms with van der Waals surface area (Å²) >= 11 is 0. The van der Waals surface area contributed by atoms with E-state index in [9.17, 15) is 14.0 Å². The highest BCUT2D eigenvalue weighted by atomic mass is 19.1. The predicted octanol–water partition coefficient (Wildman–Crippen LogP) is 1.94. The van der Waals surface area contributed by atoms with Crippen molar-refractivity contribution >= 4 is 11.7 Å². The SMILES string of the molecule is O=C(c1n[nH]c2c1CCCC2)N1CCN(c2ccc(=O)n(-c3ccc(F)cc3)n2)CC1. The van der Waals surface area contributed by atoms with Crippen LogP contribution in [0.25, 0.3) is 5.69 Å². The first-order chi connectivity index (χ1) is 15.1. The first-order valence-corrected chi connectivity index (χ1v) is 10.6. The van der Waals surface area contributed by atoms with E-state index in [0.29, 0.717) is 43.4 Å². The quantitative estimate of drug-likeness (QED) is 0.697. The minimum atomic E-state index is -0.369. The van der Waals surface area contributed by atoms with Crippen LogP contribution in [-0.4, -0.2) is 57.0 Å². The Hall–Kier alpha value is -3.49. The van der Waals surface area contributed by atoms with Crippen molar-refractivity contribution in [3.63, 3.8) is 0 Å². The summed E-state index contributed by atoms with van der Waals surface area (Å²) in [7, 11) is 0. The molecular formula is C22H23FN6O2. The average Bonchev–Trinajstić information content (AvgIpc) is 3.24. The molecule has 1 N–H and O–H groups in total. The fourth-order valence-corrected chi connectivity index (χ4v) is 4.28. The number of carbonyl (C=O) groups excluding carboxylic acids is 1. The monoisotopic (exact) mass is 422 g/mol. The van der Waals surface area contributed by atoms with Crippen molar-refractivity contribution in [1.29, 1.82) is 0 Å². The van der Waals surface area contributed by atoms with Gasteiger partial charge in [-0.2, -0.15) is 9.78 Å². The van der Waals surface area contributed by atoms with Crippen LogP contribution in [0.2, 0.25) is 0 Å². The maximum absolute atomic E-state index is 13.2. The lowest BCUT2D eigenvalue weighted by molar-refractivity contribution is 0.0739. The molecule has 0 spiro atoms. The third kappa shape index (κ3) is 3.71. The van der Waals surface area contributed by atoms with Gasteiger partial charge >= 0.3 is 0 Å². The molecule has 1 amide bonds. The normalized spacial score (nSPS) is 16.3. The Labute approximate surface area is 178 Å². The first kappa shape index (κ1) is 19.5. The van der Waals surface area contributed by atoms with E-state index in [-0.39, 0.29) is 17.3 Å². The molecule has 0 saturated carbocycles. The van der Waals surface area contributed by atoms with Crippen molar-refractivity contribution < 1.29 is 9.18 Å².